The number of hydrogen-bond acceptors (Lipinski definition) is 2. The van der Waals surface area contributed by atoms with Crippen molar-refractivity contribution < 1.29 is 0 Å². The largest absolute Gasteiger partial charge is 0.316 e. The molecular formula is C17H27NS. The molecule has 106 valence electrons. The maximum Gasteiger partial charge on any atom is 0.0209 e. The van der Waals surface area contributed by atoms with Crippen LogP contribution in [-0.4, -0.2) is 18.3 Å². The first-order valence-corrected chi connectivity index (χ1v) is 8.40. The molecule has 0 heterocycles. The average molecular weight is 277 g/mol. The first-order valence-electron chi connectivity index (χ1n) is 7.35. The van der Waals surface area contributed by atoms with Crippen molar-refractivity contribution in [3.05, 3.63) is 35.4 Å². The van der Waals surface area contributed by atoms with Crippen LogP contribution >= 0.6 is 11.8 Å². The van der Waals surface area contributed by atoms with E-state index in [1.54, 1.807) is 0 Å². The van der Waals surface area contributed by atoms with Crippen molar-refractivity contribution in [3.63, 3.8) is 0 Å². The van der Waals surface area contributed by atoms with E-state index in [0.717, 1.165) is 11.0 Å². The summed E-state index contributed by atoms with van der Waals surface area (Å²) in [5, 5.41) is 4.27. The number of benzene rings is 1. The van der Waals surface area contributed by atoms with Crippen LogP contribution in [0.15, 0.2) is 24.3 Å². The molecular weight excluding hydrogens is 250 g/mol. The van der Waals surface area contributed by atoms with Crippen LogP contribution in [0, 0.1) is 12.3 Å². The lowest BCUT2D eigenvalue weighted by molar-refractivity contribution is 0.218. The second-order valence-corrected chi connectivity index (χ2v) is 7.81. The van der Waals surface area contributed by atoms with Crippen LogP contribution < -0.4 is 5.32 Å². The fourth-order valence-electron chi connectivity index (χ4n) is 3.00. The zero-order valence-corrected chi connectivity index (χ0v) is 13.5. The SMILES string of the molecule is CNC1CCC(C)(C)CC1SCc1ccccc1C. The van der Waals surface area contributed by atoms with Crippen LogP contribution in [0.1, 0.15) is 44.2 Å². The molecule has 0 saturated heterocycles. The summed E-state index contributed by atoms with van der Waals surface area (Å²) < 4.78 is 0. The number of nitrogens with one attached hydrogen (secondary N) is 1. The lowest BCUT2D eigenvalue weighted by Gasteiger charge is -2.40. The second kappa shape index (κ2) is 6.32. The van der Waals surface area contributed by atoms with Gasteiger partial charge in [0, 0.05) is 17.0 Å². The van der Waals surface area contributed by atoms with Gasteiger partial charge in [-0.1, -0.05) is 38.1 Å². The third kappa shape index (κ3) is 4.00. The quantitative estimate of drug-likeness (QED) is 0.875. The van der Waals surface area contributed by atoms with Crippen molar-refractivity contribution in [2.45, 2.75) is 57.1 Å². The molecule has 1 fully saturated rings. The Labute approximate surface area is 122 Å². The fourth-order valence-corrected chi connectivity index (χ4v) is 4.79. The predicted molar refractivity (Wildman–Crippen MR) is 86.7 cm³/mol. The Morgan fingerprint density at radius 3 is 2.74 bits per heavy atom. The van der Waals surface area contributed by atoms with E-state index in [4.69, 9.17) is 0 Å². The number of aryl methyl sites for hydroxylation is 1. The molecule has 0 spiro atoms. The van der Waals surface area contributed by atoms with Crippen LogP contribution in [-0.2, 0) is 5.75 Å². The van der Waals surface area contributed by atoms with Gasteiger partial charge < -0.3 is 5.32 Å². The molecule has 0 radical (unpaired) electrons. The van der Waals surface area contributed by atoms with Crippen LogP contribution in [0.4, 0.5) is 0 Å². The summed E-state index contributed by atoms with van der Waals surface area (Å²) in [5.41, 5.74) is 3.42. The Kier molecular flexibility index (Phi) is 4.97. The zero-order valence-electron chi connectivity index (χ0n) is 12.7. The highest BCUT2D eigenvalue weighted by Gasteiger charge is 2.34. The van der Waals surface area contributed by atoms with Gasteiger partial charge in [0.05, 0.1) is 0 Å². The van der Waals surface area contributed by atoms with Crippen molar-refractivity contribution in [1.82, 2.24) is 5.32 Å². The van der Waals surface area contributed by atoms with Crippen LogP contribution in [0.2, 0.25) is 0 Å². The first-order chi connectivity index (χ1) is 9.02. The molecule has 1 aliphatic carbocycles. The Balaban J connectivity index is 1.98. The molecule has 2 unspecified atom stereocenters. The van der Waals surface area contributed by atoms with Crippen molar-refractivity contribution in [2.24, 2.45) is 5.41 Å². The van der Waals surface area contributed by atoms with Crippen molar-refractivity contribution in [2.75, 3.05) is 7.05 Å². The monoisotopic (exact) mass is 277 g/mol. The Morgan fingerprint density at radius 2 is 2.05 bits per heavy atom. The van der Waals surface area contributed by atoms with E-state index in [1.165, 1.54) is 30.4 Å². The summed E-state index contributed by atoms with van der Waals surface area (Å²) in [6.07, 6.45) is 3.99. The predicted octanol–water partition coefficient (Wildman–Crippen LogP) is 4.39. The summed E-state index contributed by atoms with van der Waals surface area (Å²) in [6, 6.07) is 9.45. The van der Waals surface area contributed by atoms with Gasteiger partial charge in [-0.2, -0.15) is 11.8 Å². The molecule has 2 rings (SSSR count). The van der Waals surface area contributed by atoms with E-state index < -0.39 is 0 Å². The lowest BCUT2D eigenvalue weighted by atomic mass is 9.75. The van der Waals surface area contributed by atoms with Gasteiger partial charge in [0.25, 0.3) is 0 Å². The third-order valence-electron chi connectivity index (χ3n) is 4.42. The maximum atomic E-state index is 3.52. The first kappa shape index (κ1) is 14.9. The van der Waals surface area contributed by atoms with Gasteiger partial charge in [-0.25, -0.2) is 0 Å². The molecule has 19 heavy (non-hydrogen) atoms. The topological polar surface area (TPSA) is 12.0 Å². The number of rotatable bonds is 4. The average Bonchev–Trinajstić information content (AvgIpc) is 2.37. The van der Waals surface area contributed by atoms with Gasteiger partial charge in [-0.15, -0.1) is 0 Å². The summed E-state index contributed by atoms with van der Waals surface area (Å²) in [4.78, 5) is 0. The van der Waals surface area contributed by atoms with E-state index in [1.807, 2.05) is 0 Å². The van der Waals surface area contributed by atoms with Gasteiger partial charge in [0.1, 0.15) is 0 Å². The fraction of sp³-hybridized carbons (Fsp3) is 0.647. The van der Waals surface area contributed by atoms with Crippen molar-refractivity contribution >= 4 is 11.8 Å². The number of hydrogen-bond donors (Lipinski definition) is 1. The molecule has 0 aromatic heterocycles. The summed E-state index contributed by atoms with van der Waals surface area (Å²) >= 11 is 2.14. The molecule has 1 aromatic carbocycles. The number of thioether (sulfide) groups is 1. The molecule has 2 atom stereocenters. The highest BCUT2D eigenvalue weighted by molar-refractivity contribution is 7.99. The zero-order chi connectivity index (χ0) is 13.9. The van der Waals surface area contributed by atoms with Crippen LogP contribution in [0.25, 0.3) is 0 Å². The molecule has 1 nitrogen and oxygen atoms in total. The van der Waals surface area contributed by atoms with E-state index >= 15 is 0 Å². The van der Waals surface area contributed by atoms with Gasteiger partial charge in [0.15, 0.2) is 0 Å². The van der Waals surface area contributed by atoms with E-state index in [0.29, 0.717) is 11.5 Å². The molecule has 0 aliphatic heterocycles. The second-order valence-electron chi connectivity index (χ2n) is 6.58. The summed E-state index contributed by atoms with van der Waals surface area (Å²) in [5.74, 6) is 1.14. The molecule has 1 aromatic rings. The summed E-state index contributed by atoms with van der Waals surface area (Å²) in [7, 11) is 2.12. The van der Waals surface area contributed by atoms with Crippen LogP contribution in [0.3, 0.4) is 0 Å². The maximum absolute atomic E-state index is 3.52. The Morgan fingerprint density at radius 1 is 1.32 bits per heavy atom. The molecule has 1 aliphatic rings. The van der Waals surface area contributed by atoms with E-state index in [9.17, 15) is 0 Å². The van der Waals surface area contributed by atoms with Crippen LogP contribution in [0.5, 0.6) is 0 Å². The van der Waals surface area contributed by atoms with Gasteiger partial charge >= 0.3 is 0 Å². The van der Waals surface area contributed by atoms with Gasteiger partial charge in [-0.3, -0.25) is 0 Å². The molecule has 1 N–H and O–H groups in total. The van der Waals surface area contributed by atoms with E-state index in [2.05, 4.69) is 69.2 Å². The van der Waals surface area contributed by atoms with Crippen molar-refractivity contribution in [3.8, 4) is 0 Å². The van der Waals surface area contributed by atoms with E-state index in [-0.39, 0.29) is 0 Å². The Bertz CT molecular complexity index is 413. The highest BCUT2D eigenvalue weighted by atomic mass is 32.2. The molecule has 0 bridgehead atoms. The standard InChI is InChI=1S/C17H27NS/c1-13-7-5-6-8-14(13)12-19-16-11-17(2,3)10-9-15(16)18-4/h5-8,15-16,18H,9-12H2,1-4H3. The minimum absolute atomic E-state index is 0.511. The Hall–Kier alpha value is -0.470. The molecule has 1 saturated carbocycles. The van der Waals surface area contributed by atoms with Gasteiger partial charge in [-0.05, 0) is 49.8 Å². The smallest absolute Gasteiger partial charge is 0.0209 e. The minimum atomic E-state index is 0.511. The van der Waals surface area contributed by atoms with Gasteiger partial charge in [0.2, 0.25) is 0 Å². The normalized spacial score (nSPS) is 26.3. The highest BCUT2D eigenvalue weighted by Crippen LogP contribution is 2.41. The minimum Gasteiger partial charge on any atom is -0.316 e. The summed E-state index contributed by atoms with van der Waals surface area (Å²) in [6.45, 7) is 7.05. The molecule has 0 amide bonds. The molecule has 2 heteroatoms. The van der Waals surface area contributed by atoms with Crippen molar-refractivity contribution in [1.29, 1.82) is 0 Å². The third-order valence-corrected chi connectivity index (χ3v) is 5.82. The lowest BCUT2D eigenvalue weighted by Crippen LogP contribution is -2.43.